The van der Waals surface area contributed by atoms with Crippen LogP contribution in [0.15, 0.2) is 10.6 Å². The van der Waals surface area contributed by atoms with Crippen molar-refractivity contribution in [2.24, 2.45) is 0 Å². The van der Waals surface area contributed by atoms with Gasteiger partial charge < -0.3 is 4.52 Å². The average molecular weight is 134 g/mol. The summed E-state index contributed by atoms with van der Waals surface area (Å²) in [4.78, 5) is 0. The van der Waals surface area contributed by atoms with Crippen molar-refractivity contribution >= 4 is 0 Å². The quantitative estimate of drug-likeness (QED) is 0.583. The number of aromatic nitrogens is 1. The van der Waals surface area contributed by atoms with E-state index in [9.17, 15) is 0 Å². The summed E-state index contributed by atoms with van der Waals surface area (Å²) in [5.74, 6) is 1.42. The van der Waals surface area contributed by atoms with Crippen molar-refractivity contribution in [3.63, 3.8) is 0 Å². The third-order valence-electron chi connectivity index (χ3n) is 1.62. The molecule has 0 aliphatic heterocycles. The summed E-state index contributed by atoms with van der Waals surface area (Å²) in [7, 11) is 0. The van der Waals surface area contributed by atoms with Crippen LogP contribution in [0.25, 0.3) is 0 Å². The summed E-state index contributed by atoms with van der Waals surface area (Å²) in [6, 6.07) is 3.65. The Labute approximate surface area is 58.2 Å². The zero-order valence-corrected chi connectivity index (χ0v) is 5.37. The fourth-order valence-electron chi connectivity index (χ4n) is 0.902. The van der Waals surface area contributed by atoms with Crippen LogP contribution in [0.2, 0.25) is 0 Å². The van der Waals surface area contributed by atoms with Crippen LogP contribution in [-0.4, -0.2) is 5.16 Å². The van der Waals surface area contributed by atoms with E-state index in [-0.39, 0.29) is 0 Å². The summed E-state index contributed by atoms with van der Waals surface area (Å²) in [5, 5.41) is 11.9. The molecule has 3 nitrogen and oxygen atoms in total. The summed E-state index contributed by atoms with van der Waals surface area (Å²) < 4.78 is 4.91. The van der Waals surface area contributed by atoms with Gasteiger partial charge in [-0.05, 0) is 12.8 Å². The Morgan fingerprint density at radius 3 is 3.00 bits per heavy atom. The van der Waals surface area contributed by atoms with Crippen molar-refractivity contribution in [1.29, 1.82) is 5.26 Å². The van der Waals surface area contributed by atoms with Crippen LogP contribution in [0.4, 0.5) is 0 Å². The Morgan fingerprint density at radius 1 is 1.70 bits per heavy atom. The molecular weight excluding hydrogens is 128 g/mol. The predicted octanol–water partition coefficient (Wildman–Crippen LogP) is 1.42. The molecule has 3 heteroatoms. The normalized spacial score (nSPS) is 16.7. The molecule has 1 fully saturated rings. The second-order valence-corrected chi connectivity index (χ2v) is 2.50. The summed E-state index contributed by atoms with van der Waals surface area (Å²) in [6.45, 7) is 0. The Hall–Kier alpha value is -1.30. The third-order valence-corrected chi connectivity index (χ3v) is 1.62. The lowest BCUT2D eigenvalue weighted by Crippen LogP contribution is -1.68. The fourth-order valence-corrected chi connectivity index (χ4v) is 0.902. The molecule has 0 amide bonds. The number of nitriles is 1. The largest absolute Gasteiger partial charge is 0.360 e. The Kier molecular flexibility index (Phi) is 1.01. The molecule has 1 aliphatic carbocycles. The van der Waals surface area contributed by atoms with Gasteiger partial charge in [-0.25, -0.2) is 0 Å². The van der Waals surface area contributed by atoms with Gasteiger partial charge in [-0.1, -0.05) is 5.16 Å². The van der Waals surface area contributed by atoms with Crippen molar-refractivity contribution in [3.8, 4) is 6.07 Å². The maximum absolute atomic E-state index is 8.38. The summed E-state index contributed by atoms with van der Waals surface area (Å²) >= 11 is 0. The highest BCUT2D eigenvalue weighted by Gasteiger charge is 2.27. The Morgan fingerprint density at radius 2 is 2.50 bits per heavy atom. The SMILES string of the molecule is N#Cc1cc(C2CC2)on1. The number of hydrogen-bond acceptors (Lipinski definition) is 3. The molecule has 0 atom stereocenters. The highest BCUT2D eigenvalue weighted by atomic mass is 16.5. The van der Waals surface area contributed by atoms with Gasteiger partial charge in [0.1, 0.15) is 11.8 Å². The van der Waals surface area contributed by atoms with Crippen LogP contribution < -0.4 is 0 Å². The Balaban J connectivity index is 2.29. The molecule has 1 heterocycles. The molecule has 0 spiro atoms. The third kappa shape index (κ3) is 0.781. The van der Waals surface area contributed by atoms with Gasteiger partial charge in [0.25, 0.3) is 0 Å². The summed E-state index contributed by atoms with van der Waals surface area (Å²) in [5.41, 5.74) is 0.391. The van der Waals surface area contributed by atoms with E-state index in [0.29, 0.717) is 11.6 Å². The lowest BCUT2D eigenvalue weighted by atomic mass is 10.3. The average Bonchev–Trinajstić information content (AvgIpc) is 2.70. The molecule has 0 saturated heterocycles. The molecule has 1 aliphatic rings. The van der Waals surface area contributed by atoms with Crippen molar-refractivity contribution in [3.05, 3.63) is 17.5 Å². The Bertz CT molecular complexity index is 280. The van der Waals surface area contributed by atoms with E-state index in [1.54, 1.807) is 6.07 Å². The molecule has 1 aromatic heterocycles. The smallest absolute Gasteiger partial charge is 0.183 e. The van der Waals surface area contributed by atoms with Crippen molar-refractivity contribution < 1.29 is 4.52 Å². The zero-order chi connectivity index (χ0) is 6.97. The monoisotopic (exact) mass is 134 g/mol. The van der Waals surface area contributed by atoms with E-state index in [0.717, 1.165) is 5.76 Å². The highest BCUT2D eigenvalue weighted by molar-refractivity contribution is 5.23. The van der Waals surface area contributed by atoms with Crippen molar-refractivity contribution in [1.82, 2.24) is 5.16 Å². The second-order valence-electron chi connectivity index (χ2n) is 2.50. The fraction of sp³-hybridized carbons (Fsp3) is 0.429. The first-order chi connectivity index (χ1) is 4.90. The zero-order valence-electron chi connectivity index (χ0n) is 5.37. The van der Waals surface area contributed by atoms with Crippen LogP contribution in [0.1, 0.15) is 30.2 Å². The van der Waals surface area contributed by atoms with Gasteiger partial charge in [-0.15, -0.1) is 0 Å². The first-order valence-electron chi connectivity index (χ1n) is 3.27. The van der Waals surface area contributed by atoms with E-state index >= 15 is 0 Å². The molecule has 10 heavy (non-hydrogen) atoms. The second kappa shape index (κ2) is 1.84. The molecule has 0 aromatic carbocycles. The lowest BCUT2D eigenvalue weighted by molar-refractivity contribution is 0.383. The molecule has 1 aromatic rings. The maximum atomic E-state index is 8.38. The summed E-state index contributed by atoms with van der Waals surface area (Å²) in [6.07, 6.45) is 2.36. The van der Waals surface area contributed by atoms with E-state index in [1.807, 2.05) is 6.07 Å². The van der Waals surface area contributed by atoms with Gasteiger partial charge in [0.15, 0.2) is 5.69 Å². The molecule has 50 valence electrons. The van der Waals surface area contributed by atoms with E-state index in [2.05, 4.69) is 5.16 Å². The molecule has 0 unspecified atom stereocenters. The molecular formula is C7H6N2O. The molecule has 2 rings (SSSR count). The topological polar surface area (TPSA) is 49.8 Å². The minimum absolute atomic E-state index is 0.391. The molecule has 1 saturated carbocycles. The van der Waals surface area contributed by atoms with Gasteiger partial charge in [0.2, 0.25) is 0 Å². The van der Waals surface area contributed by atoms with E-state index in [1.165, 1.54) is 12.8 Å². The number of nitrogens with zero attached hydrogens (tertiary/aromatic N) is 2. The predicted molar refractivity (Wildman–Crippen MR) is 33.2 cm³/mol. The molecule has 0 bridgehead atoms. The number of rotatable bonds is 1. The van der Waals surface area contributed by atoms with Gasteiger partial charge in [0, 0.05) is 12.0 Å². The van der Waals surface area contributed by atoms with Gasteiger partial charge in [-0.2, -0.15) is 5.26 Å². The van der Waals surface area contributed by atoms with Crippen molar-refractivity contribution in [2.45, 2.75) is 18.8 Å². The van der Waals surface area contributed by atoms with Crippen LogP contribution in [0.5, 0.6) is 0 Å². The van der Waals surface area contributed by atoms with Gasteiger partial charge in [-0.3, -0.25) is 0 Å². The number of hydrogen-bond donors (Lipinski definition) is 0. The van der Waals surface area contributed by atoms with Gasteiger partial charge >= 0.3 is 0 Å². The van der Waals surface area contributed by atoms with Crippen molar-refractivity contribution in [2.75, 3.05) is 0 Å². The molecule has 0 radical (unpaired) electrons. The lowest BCUT2D eigenvalue weighted by Gasteiger charge is -1.79. The first kappa shape index (κ1) is 5.48. The molecule has 0 N–H and O–H groups in total. The first-order valence-corrected chi connectivity index (χ1v) is 3.27. The van der Waals surface area contributed by atoms with Gasteiger partial charge in [0.05, 0.1) is 0 Å². The minimum Gasteiger partial charge on any atom is -0.360 e. The van der Waals surface area contributed by atoms with Crippen LogP contribution in [0.3, 0.4) is 0 Å². The highest BCUT2D eigenvalue weighted by Crippen LogP contribution is 2.39. The van der Waals surface area contributed by atoms with Crippen LogP contribution >= 0.6 is 0 Å². The van der Waals surface area contributed by atoms with Crippen LogP contribution in [0, 0.1) is 11.3 Å². The minimum atomic E-state index is 0.391. The standard InChI is InChI=1S/C7H6N2O/c8-4-6-3-7(10-9-6)5-1-2-5/h3,5H,1-2H2. The maximum Gasteiger partial charge on any atom is 0.183 e. The van der Waals surface area contributed by atoms with E-state index < -0.39 is 0 Å². The van der Waals surface area contributed by atoms with Crippen LogP contribution in [-0.2, 0) is 0 Å². The van der Waals surface area contributed by atoms with E-state index in [4.69, 9.17) is 9.78 Å².